The number of benzene rings is 1. The van der Waals surface area contributed by atoms with Crippen LogP contribution >= 0.6 is 0 Å². The van der Waals surface area contributed by atoms with E-state index in [4.69, 9.17) is 10.8 Å². The van der Waals surface area contributed by atoms with Gasteiger partial charge >= 0.3 is 0 Å². The maximum absolute atomic E-state index is 9.02. The van der Waals surface area contributed by atoms with Crippen LogP contribution in [0.1, 0.15) is 19.4 Å². The number of hydrogen-bond acceptors (Lipinski definition) is 3. The van der Waals surface area contributed by atoms with Gasteiger partial charge in [-0.15, -0.1) is 0 Å². The van der Waals surface area contributed by atoms with E-state index >= 15 is 0 Å². The fraction of sp³-hybridized carbons (Fsp3) is 0.500. The molecule has 0 radical (unpaired) electrons. The highest BCUT2D eigenvalue weighted by Crippen LogP contribution is 2.19. The molecule has 0 saturated carbocycles. The summed E-state index contributed by atoms with van der Waals surface area (Å²) in [6.07, 6.45) is 0. The van der Waals surface area contributed by atoms with Crippen LogP contribution in [0.2, 0.25) is 0 Å². The lowest BCUT2D eigenvalue weighted by molar-refractivity contribution is 0.226. The predicted octanol–water partition coefficient (Wildman–Crippen LogP) is 2.01. The fourth-order valence-corrected chi connectivity index (χ4v) is 1.29. The van der Waals surface area contributed by atoms with E-state index in [9.17, 15) is 0 Å². The number of nitrogens with one attached hydrogen (secondary N) is 1. The van der Waals surface area contributed by atoms with Crippen LogP contribution in [-0.2, 0) is 0 Å². The molecule has 4 N–H and O–H groups in total. The first-order valence-corrected chi connectivity index (χ1v) is 5.28. The fourth-order valence-electron chi connectivity index (χ4n) is 1.29. The number of aliphatic hydroxyl groups excluding tert-OH is 1. The zero-order valence-electron chi connectivity index (χ0n) is 9.62. The van der Waals surface area contributed by atoms with Gasteiger partial charge in [-0.05, 0) is 37.5 Å². The minimum absolute atomic E-state index is 0.190. The van der Waals surface area contributed by atoms with Gasteiger partial charge in [0.15, 0.2) is 0 Å². The van der Waals surface area contributed by atoms with Gasteiger partial charge in [-0.25, -0.2) is 0 Å². The van der Waals surface area contributed by atoms with Crippen molar-refractivity contribution in [2.24, 2.45) is 5.92 Å². The van der Waals surface area contributed by atoms with E-state index < -0.39 is 0 Å². The highest BCUT2D eigenvalue weighted by atomic mass is 16.3. The molecule has 0 aliphatic rings. The van der Waals surface area contributed by atoms with Gasteiger partial charge < -0.3 is 16.2 Å². The van der Waals surface area contributed by atoms with Gasteiger partial charge in [0.1, 0.15) is 0 Å². The highest BCUT2D eigenvalue weighted by Gasteiger charge is 2.10. The summed E-state index contributed by atoms with van der Waals surface area (Å²) in [5.41, 5.74) is 8.70. The van der Waals surface area contributed by atoms with Crippen LogP contribution in [0.5, 0.6) is 0 Å². The Kier molecular flexibility index (Phi) is 3.97. The van der Waals surface area contributed by atoms with Crippen LogP contribution < -0.4 is 11.1 Å². The van der Waals surface area contributed by atoms with Gasteiger partial charge in [0.05, 0.1) is 0 Å². The minimum atomic E-state index is 0.190. The topological polar surface area (TPSA) is 58.3 Å². The molecule has 3 nitrogen and oxygen atoms in total. The first-order valence-electron chi connectivity index (χ1n) is 5.28. The maximum Gasteiger partial charge on any atom is 0.0476 e. The second-order valence-electron chi connectivity index (χ2n) is 4.16. The molecule has 0 bridgehead atoms. The summed E-state index contributed by atoms with van der Waals surface area (Å²) in [7, 11) is 0. The van der Waals surface area contributed by atoms with Gasteiger partial charge in [-0.2, -0.15) is 0 Å². The third-order valence-electron chi connectivity index (χ3n) is 2.82. The lowest BCUT2D eigenvalue weighted by atomic mass is 10.0. The predicted molar refractivity (Wildman–Crippen MR) is 64.9 cm³/mol. The van der Waals surface area contributed by atoms with E-state index in [1.54, 1.807) is 0 Å². The molecule has 0 fully saturated rings. The van der Waals surface area contributed by atoms with Crippen molar-refractivity contribution < 1.29 is 5.11 Å². The molecule has 0 aliphatic carbocycles. The molecule has 0 spiro atoms. The summed E-state index contributed by atoms with van der Waals surface area (Å²) in [5.74, 6) is 0.229. The van der Waals surface area contributed by atoms with Crippen LogP contribution in [0.4, 0.5) is 11.4 Å². The first-order chi connectivity index (χ1) is 7.04. The Morgan fingerprint density at radius 1 is 1.40 bits per heavy atom. The SMILES string of the molecule is Cc1ccc(NC(C)C(C)CO)cc1N. The lowest BCUT2D eigenvalue weighted by Gasteiger charge is -2.20. The van der Waals surface area contributed by atoms with Crippen molar-refractivity contribution in [3.8, 4) is 0 Å². The Morgan fingerprint density at radius 3 is 2.60 bits per heavy atom. The first kappa shape index (κ1) is 11.9. The standard InChI is InChI=1S/C12H20N2O/c1-8-4-5-11(6-12(8)13)14-10(3)9(2)7-15/h4-6,9-10,14-15H,7,13H2,1-3H3. The lowest BCUT2D eigenvalue weighted by Crippen LogP contribution is -2.26. The number of anilines is 2. The molecule has 1 aromatic rings. The number of nitrogens with two attached hydrogens (primary N) is 1. The van der Waals surface area contributed by atoms with E-state index in [0.717, 1.165) is 16.9 Å². The quantitative estimate of drug-likeness (QED) is 0.663. The largest absolute Gasteiger partial charge is 0.398 e. The average molecular weight is 208 g/mol. The molecular weight excluding hydrogens is 188 g/mol. The summed E-state index contributed by atoms with van der Waals surface area (Å²) in [5, 5.41) is 12.3. The Balaban J connectivity index is 2.68. The molecule has 1 aromatic carbocycles. The summed E-state index contributed by atoms with van der Waals surface area (Å²) in [6, 6.07) is 6.16. The van der Waals surface area contributed by atoms with Crippen LogP contribution in [0.3, 0.4) is 0 Å². The molecule has 0 aliphatic heterocycles. The van der Waals surface area contributed by atoms with Crippen molar-refractivity contribution in [2.75, 3.05) is 17.7 Å². The third kappa shape index (κ3) is 3.13. The maximum atomic E-state index is 9.02. The Hall–Kier alpha value is -1.22. The Morgan fingerprint density at radius 2 is 2.07 bits per heavy atom. The number of rotatable bonds is 4. The number of aliphatic hydroxyl groups is 1. The van der Waals surface area contributed by atoms with Crippen molar-refractivity contribution in [2.45, 2.75) is 26.8 Å². The smallest absolute Gasteiger partial charge is 0.0476 e. The van der Waals surface area contributed by atoms with E-state index in [-0.39, 0.29) is 18.6 Å². The molecule has 3 heteroatoms. The van der Waals surface area contributed by atoms with Crippen molar-refractivity contribution in [1.82, 2.24) is 0 Å². The molecule has 2 atom stereocenters. The van der Waals surface area contributed by atoms with Crippen LogP contribution in [0, 0.1) is 12.8 Å². The van der Waals surface area contributed by atoms with Gasteiger partial charge in [0, 0.05) is 24.0 Å². The zero-order chi connectivity index (χ0) is 11.4. The summed E-state index contributed by atoms with van der Waals surface area (Å²) in [6.45, 7) is 6.24. The van der Waals surface area contributed by atoms with E-state index in [2.05, 4.69) is 12.2 Å². The van der Waals surface area contributed by atoms with Gasteiger partial charge in [0.25, 0.3) is 0 Å². The van der Waals surface area contributed by atoms with Gasteiger partial charge in [-0.1, -0.05) is 13.0 Å². The molecule has 0 saturated heterocycles. The van der Waals surface area contributed by atoms with E-state index in [1.807, 2.05) is 32.0 Å². The van der Waals surface area contributed by atoms with E-state index in [1.165, 1.54) is 0 Å². The monoisotopic (exact) mass is 208 g/mol. The Bertz CT molecular complexity index is 325. The summed E-state index contributed by atoms with van der Waals surface area (Å²) >= 11 is 0. The van der Waals surface area contributed by atoms with Crippen LogP contribution in [-0.4, -0.2) is 17.8 Å². The number of aryl methyl sites for hydroxylation is 1. The second-order valence-corrected chi connectivity index (χ2v) is 4.16. The van der Waals surface area contributed by atoms with Crippen molar-refractivity contribution in [3.63, 3.8) is 0 Å². The highest BCUT2D eigenvalue weighted by molar-refractivity contribution is 5.58. The molecule has 0 amide bonds. The molecular formula is C12H20N2O. The average Bonchev–Trinajstić information content (AvgIpc) is 2.22. The number of hydrogen-bond donors (Lipinski definition) is 3. The minimum Gasteiger partial charge on any atom is -0.398 e. The van der Waals surface area contributed by atoms with Crippen molar-refractivity contribution in [3.05, 3.63) is 23.8 Å². The molecule has 0 heterocycles. The number of nitrogen functional groups attached to an aromatic ring is 1. The Labute approximate surface area is 91.3 Å². The molecule has 0 aromatic heterocycles. The molecule has 2 unspecified atom stereocenters. The van der Waals surface area contributed by atoms with Crippen LogP contribution in [0.15, 0.2) is 18.2 Å². The summed E-state index contributed by atoms with van der Waals surface area (Å²) in [4.78, 5) is 0. The summed E-state index contributed by atoms with van der Waals surface area (Å²) < 4.78 is 0. The van der Waals surface area contributed by atoms with E-state index in [0.29, 0.717) is 0 Å². The third-order valence-corrected chi connectivity index (χ3v) is 2.82. The van der Waals surface area contributed by atoms with Gasteiger partial charge in [-0.3, -0.25) is 0 Å². The molecule has 84 valence electrons. The van der Waals surface area contributed by atoms with Gasteiger partial charge in [0.2, 0.25) is 0 Å². The molecule has 15 heavy (non-hydrogen) atoms. The van der Waals surface area contributed by atoms with Crippen molar-refractivity contribution >= 4 is 11.4 Å². The second kappa shape index (κ2) is 5.03. The van der Waals surface area contributed by atoms with Crippen molar-refractivity contribution in [1.29, 1.82) is 0 Å². The normalized spacial score (nSPS) is 14.7. The zero-order valence-corrected chi connectivity index (χ0v) is 9.62. The van der Waals surface area contributed by atoms with Crippen LogP contribution in [0.25, 0.3) is 0 Å². The molecule has 1 rings (SSSR count).